The van der Waals surface area contributed by atoms with Gasteiger partial charge in [-0.1, -0.05) is 36.4 Å². The maximum Gasteiger partial charge on any atom is 0.416 e. The summed E-state index contributed by atoms with van der Waals surface area (Å²) in [7, 11) is 0. The molecule has 1 amide bonds. The number of nitrogens with two attached hydrogens (primary N) is 1. The Morgan fingerprint density at radius 3 is 2.35 bits per heavy atom. The average molecular weight is 425 g/mol. The standard InChI is InChI=1S/C23H18F3N3O2/c24-23(25,26)16-9-7-14(8-10-16)21(30)18-4-1-3-15-13-29(12-11-17(15)18)22(31)19-5-2-6-20(27)28-19/h1-10H,11-13H2,(H2,27,28). The van der Waals surface area contributed by atoms with Gasteiger partial charge >= 0.3 is 6.18 Å². The second-order valence-corrected chi connectivity index (χ2v) is 7.27. The lowest BCUT2D eigenvalue weighted by Crippen LogP contribution is -2.37. The molecule has 0 saturated heterocycles. The van der Waals surface area contributed by atoms with E-state index >= 15 is 0 Å². The summed E-state index contributed by atoms with van der Waals surface area (Å²) in [6, 6.07) is 14.3. The van der Waals surface area contributed by atoms with Crippen molar-refractivity contribution >= 4 is 17.5 Å². The van der Waals surface area contributed by atoms with Crippen LogP contribution in [0.3, 0.4) is 0 Å². The first-order valence-corrected chi connectivity index (χ1v) is 9.58. The minimum Gasteiger partial charge on any atom is -0.384 e. The summed E-state index contributed by atoms with van der Waals surface area (Å²) in [4.78, 5) is 31.4. The number of rotatable bonds is 3. The molecule has 1 aromatic heterocycles. The second kappa shape index (κ2) is 7.86. The number of pyridine rings is 1. The Morgan fingerprint density at radius 2 is 1.68 bits per heavy atom. The Morgan fingerprint density at radius 1 is 0.968 bits per heavy atom. The van der Waals surface area contributed by atoms with Crippen LogP contribution in [-0.2, 0) is 19.1 Å². The molecule has 158 valence electrons. The van der Waals surface area contributed by atoms with Gasteiger partial charge in [-0.3, -0.25) is 9.59 Å². The van der Waals surface area contributed by atoms with Crippen molar-refractivity contribution in [1.29, 1.82) is 0 Å². The quantitative estimate of drug-likeness (QED) is 0.641. The minimum absolute atomic E-state index is 0.184. The van der Waals surface area contributed by atoms with Crippen LogP contribution < -0.4 is 5.73 Å². The van der Waals surface area contributed by atoms with Crippen molar-refractivity contribution in [3.8, 4) is 0 Å². The maximum absolute atomic E-state index is 13.0. The number of benzene rings is 2. The Hall–Kier alpha value is -3.68. The van der Waals surface area contributed by atoms with Gasteiger partial charge in [0.15, 0.2) is 5.78 Å². The average Bonchev–Trinajstić information content (AvgIpc) is 2.77. The molecule has 1 aliphatic rings. The number of hydrogen-bond donors (Lipinski definition) is 1. The van der Waals surface area contributed by atoms with Crippen LogP contribution in [0.25, 0.3) is 0 Å². The van der Waals surface area contributed by atoms with Crippen molar-refractivity contribution in [2.24, 2.45) is 0 Å². The summed E-state index contributed by atoms with van der Waals surface area (Å²) in [5, 5.41) is 0. The molecular formula is C23H18F3N3O2. The summed E-state index contributed by atoms with van der Waals surface area (Å²) in [5.41, 5.74) is 7.35. The zero-order valence-corrected chi connectivity index (χ0v) is 16.3. The van der Waals surface area contributed by atoms with Crippen LogP contribution in [0.2, 0.25) is 0 Å². The smallest absolute Gasteiger partial charge is 0.384 e. The molecule has 8 heteroatoms. The van der Waals surface area contributed by atoms with Crippen LogP contribution >= 0.6 is 0 Å². The van der Waals surface area contributed by atoms with Gasteiger partial charge in [0.25, 0.3) is 5.91 Å². The molecule has 0 fully saturated rings. The van der Waals surface area contributed by atoms with Crippen LogP contribution in [0.5, 0.6) is 0 Å². The number of aromatic nitrogens is 1. The number of alkyl halides is 3. The third-order valence-corrected chi connectivity index (χ3v) is 5.26. The van der Waals surface area contributed by atoms with Crippen molar-refractivity contribution < 1.29 is 22.8 Å². The molecule has 0 radical (unpaired) electrons. The number of carbonyl (C=O) groups excluding carboxylic acids is 2. The first-order valence-electron chi connectivity index (χ1n) is 9.58. The Bertz CT molecular complexity index is 1160. The molecule has 31 heavy (non-hydrogen) atoms. The topological polar surface area (TPSA) is 76.3 Å². The van der Waals surface area contributed by atoms with Gasteiger partial charge in [0.2, 0.25) is 0 Å². The molecule has 0 bridgehead atoms. The van der Waals surface area contributed by atoms with Gasteiger partial charge in [-0.05, 0) is 41.8 Å². The normalized spacial score (nSPS) is 13.6. The van der Waals surface area contributed by atoms with Crippen molar-refractivity contribution in [3.05, 3.63) is 94.2 Å². The monoisotopic (exact) mass is 425 g/mol. The van der Waals surface area contributed by atoms with E-state index in [1.807, 2.05) is 6.07 Å². The van der Waals surface area contributed by atoms with Crippen LogP contribution in [0.15, 0.2) is 60.7 Å². The molecule has 0 saturated carbocycles. The Labute approximate surface area is 176 Å². The van der Waals surface area contributed by atoms with Crippen LogP contribution in [-0.4, -0.2) is 28.1 Å². The first-order chi connectivity index (χ1) is 14.7. The van der Waals surface area contributed by atoms with Gasteiger partial charge in [-0.25, -0.2) is 4.98 Å². The predicted octanol–water partition coefficient (Wildman–Crippen LogP) is 4.11. The molecule has 2 heterocycles. The highest BCUT2D eigenvalue weighted by molar-refractivity contribution is 6.10. The van der Waals surface area contributed by atoms with E-state index in [1.165, 1.54) is 12.1 Å². The highest BCUT2D eigenvalue weighted by Gasteiger charge is 2.31. The second-order valence-electron chi connectivity index (χ2n) is 7.27. The van der Waals surface area contributed by atoms with Gasteiger partial charge in [-0.2, -0.15) is 13.2 Å². The van der Waals surface area contributed by atoms with Gasteiger partial charge in [-0.15, -0.1) is 0 Å². The van der Waals surface area contributed by atoms with Crippen LogP contribution in [0.4, 0.5) is 19.0 Å². The highest BCUT2D eigenvalue weighted by Crippen LogP contribution is 2.30. The summed E-state index contributed by atoms with van der Waals surface area (Å²) in [6.07, 6.45) is -4.01. The van der Waals surface area contributed by atoms with Crippen LogP contribution in [0, 0.1) is 0 Å². The molecule has 2 N–H and O–H groups in total. The zero-order valence-electron chi connectivity index (χ0n) is 16.3. The maximum atomic E-state index is 13.0. The van der Waals surface area contributed by atoms with E-state index in [-0.39, 0.29) is 28.8 Å². The van der Waals surface area contributed by atoms with E-state index in [0.717, 1.165) is 23.3 Å². The highest BCUT2D eigenvalue weighted by atomic mass is 19.4. The summed E-state index contributed by atoms with van der Waals surface area (Å²) >= 11 is 0. The van der Waals surface area contributed by atoms with E-state index < -0.39 is 11.7 Å². The van der Waals surface area contributed by atoms with Crippen LogP contribution in [0.1, 0.15) is 43.1 Å². The lowest BCUT2D eigenvalue weighted by molar-refractivity contribution is -0.137. The fourth-order valence-electron chi connectivity index (χ4n) is 3.69. The Balaban J connectivity index is 1.58. The van der Waals surface area contributed by atoms with Crippen molar-refractivity contribution in [1.82, 2.24) is 9.88 Å². The van der Waals surface area contributed by atoms with Crippen molar-refractivity contribution in [2.45, 2.75) is 19.1 Å². The largest absolute Gasteiger partial charge is 0.416 e. The number of ketones is 1. The van der Waals surface area contributed by atoms with E-state index in [2.05, 4.69) is 4.98 Å². The van der Waals surface area contributed by atoms with Gasteiger partial charge in [0, 0.05) is 24.2 Å². The summed E-state index contributed by atoms with van der Waals surface area (Å²) in [5.74, 6) is -0.340. The van der Waals surface area contributed by atoms with Crippen molar-refractivity contribution in [3.63, 3.8) is 0 Å². The fourth-order valence-corrected chi connectivity index (χ4v) is 3.69. The number of hydrogen-bond acceptors (Lipinski definition) is 4. The fraction of sp³-hybridized carbons (Fsp3) is 0.174. The molecule has 5 nitrogen and oxygen atoms in total. The number of halogens is 3. The number of carbonyl (C=O) groups is 2. The lowest BCUT2D eigenvalue weighted by atomic mass is 9.90. The molecule has 2 aromatic carbocycles. The molecule has 3 aromatic rings. The number of nitrogens with zero attached hydrogens (tertiary/aromatic N) is 2. The van der Waals surface area contributed by atoms with Gasteiger partial charge in [0.1, 0.15) is 11.5 Å². The number of fused-ring (bicyclic) bond motifs is 1. The van der Waals surface area contributed by atoms with Gasteiger partial charge in [0.05, 0.1) is 5.56 Å². The van der Waals surface area contributed by atoms with E-state index in [0.29, 0.717) is 25.1 Å². The summed E-state index contributed by atoms with van der Waals surface area (Å²) < 4.78 is 38.4. The number of amides is 1. The zero-order chi connectivity index (χ0) is 22.2. The molecule has 0 aliphatic carbocycles. The third kappa shape index (κ3) is 4.14. The van der Waals surface area contributed by atoms with Gasteiger partial charge < -0.3 is 10.6 Å². The predicted molar refractivity (Wildman–Crippen MR) is 108 cm³/mol. The van der Waals surface area contributed by atoms with E-state index in [9.17, 15) is 22.8 Å². The molecule has 4 rings (SSSR count). The SMILES string of the molecule is Nc1cccc(C(=O)N2CCc3c(cccc3C(=O)c3ccc(C(F)(F)F)cc3)C2)n1. The molecule has 1 aliphatic heterocycles. The molecule has 0 spiro atoms. The first kappa shape index (κ1) is 20.6. The number of anilines is 1. The Kier molecular flexibility index (Phi) is 5.22. The lowest BCUT2D eigenvalue weighted by Gasteiger charge is -2.30. The third-order valence-electron chi connectivity index (χ3n) is 5.26. The molecule has 0 atom stereocenters. The molecule has 0 unspecified atom stereocenters. The summed E-state index contributed by atoms with van der Waals surface area (Å²) in [6.45, 7) is 0.693. The molecular weight excluding hydrogens is 407 g/mol. The number of nitrogen functional groups attached to an aromatic ring is 1. The van der Waals surface area contributed by atoms with E-state index in [1.54, 1.807) is 35.2 Å². The van der Waals surface area contributed by atoms with E-state index in [4.69, 9.17) is 5.73 Å². The van der Waals surface area contributed by atoms with Crippen molar-refractivity contribution in [2.75, 3.05) is 12.3 Å². The minimum atomic E-state index is -4.46.